The summed E-state index contributed by atoms with van der Waals surface area (Å²) in [5, 5.41) is 10.2. The van der Waals surface area contributed by atoms with Crippen molar-refractivity contribution in [1.82, 2.24) is 10.2 Å². The van der Waals surface area contributed by atoms with Gasteiger partial charge in [-0.25, -0.2) is 0 Å². The average molecular weight is 250 g/mol. The molecule has 0 atom stereocenters. The quantitative estimate of drug-likeness (QED) is 0.878. The minimum absolute atomic E-state index is 0.112. The molecule has 1 aromatic heterocycles. The number of aromatic amines is 1. The molecule has 1 amide bonds. The molecule has 5 heteroatoms. The molecule has 2 N–H and O–H groups in total. The van der Waals surface area contributed by atoms with Gasteiger partial charge in [0.05, 0.1) is 12.1 Å². The maximum atomic E-state index is 11.7. The van der Waals surface area contributed by atoms with Crippen molar-refractivity contribution in [3.63, 3.8) is 0 Å². The summed E-state index contributed by atoms with van der Waals surface area (Å²) in [7, 11) is 0. The molecule has 0 fully saturated rings. The summed E-state index contributed by atoms with van der Waals surface area (Å²) in [5.41, 5.74) is 2.35. The van der Waals surface area contributed by atoms with Gasteiger partial charge in [-0.05, 0) is 31.2 Å². The first-order valence-electron chi connectivity index (χ1n) is 5.20. The van der Waals surface area contributed by atoms with Gasteiger partial charge in [-0.2, -0.15) is 5.10 Å². The van der Waals surface area contributed by atoms with E-state index >= 15 is 0 Å². The van der Waals surface area contributed by atoms with Crippen LogP contribution >= 0.6 is 11.6 Å². The van der Waals surface area contributed by atoms with Crippen LogP contribution in [-0.4, -0.2) is 16.1 Å². The zero-order valence-electron chi connectivity index (χ0n) is 9.33. The zero-order chi connectivity index (χ0) is 12.3. The van der Waals surface area contributed by atoms with E-state index in [2.05, 4.69) is 15.5 Å². The highest BCUT2D eigenvalue weighted by molar-refractivity contribution is 6.30. The van der Waals surface area contributed by atoms with E-state index < -0.39 is 0 Å². The third kappa shape index (κ3) is 3.32. The molecule has 2 rings (SSSR count). The molecule has 0 radical (unpaired) electrons. The number of rotatable bonds is 3. The fourth-order valence-corrected chi connectivity index (χ4v) is 1.69. The van der Waals surface area contributed by atoms with Crippen LogP contribution < -0.4 is 5.32 Å². The number of hydrogen-bond acceptors (Lipinski definition) is 2. The number of anilines is 1. The molecule has 0 bridgehead atoms. The van der Waals surface area contributed by atoms with E-state index in [9.17, 15) is 4.79 Å². The third-order valence-electron chi connectivity index (χ3n) is 2.21. The Morgan fingerprint density at radius 3 is 2.94 bits per heavy atom. The number of carbonyl (C=O) groups is 1. The molecule has 0 aliphatic heterocycles. The highest BCUT2D eigenvalue weighted by atomic mass is 35.5. The molecule has 0 aliphatic rings. The number of aromatic nitrogens is 2. The van der Waals surface area contributed by atoms with Crippen LogP contribution in [0.2, 0.25) is 5.02 Å². The number of carbonyl (C=O) groups excluding carboxylic acids is 1. The maximum absolute atomic E-state index is 11.7. The van der Waals surface area contributed by atoms with Gasteiger partial charge in [0, 0.05) is 16.4 Å². The minimum Gasteiger partial charge on any atom is -0.326 e. The van der Waals surface area contributed by atoms with Gasteiger partial charge < -0.3 is 5.32 Å². The molecular weight excluding hydrogens is 238 g/mol. The number of nitrogens with zero attached hydrogens (tertiary/aromatic N) is 1. The van der Waals surface area contributed by atoms with Crippen molar-refractivity contribution in [2.45, 2.75) is 13.3 Å². The number of benzene rings is 1. The standard InChI is InChI=1S/C12H12ClN3O/c1-8-5-11(16-15-8)7-12(17)14-10-4-2-3-9(13)6-10/h2-6H,7H2,1H3,(H,14,17)(H,15,16). The monoisotopic (exact) mass is 249 g/mol. The minimum atomic E-state index is -0.112. The summed E-state index contributed by atoms with van der Waals surface area (Å²) >= 11 is 5.82. The van der Waals surface area contributed by atoms with Crippen molar-refractivity contribution in [3.05, 3.63) is 46.7 Å². The Balaban J connectivity index is 1.98. The number of amides is 1. The highest BCUT2D eigenvalue weighted by Gasteiger charge is 2.06. The normalized spacial score (nSPS) is 10.2. The Kier molecular flexibility index (Phi) is 3.44. The van der Waals surface area contributed by atoms with Crippen molar-refractivity contribution < 1.29 is 4.79 Å². The van der Waals surface area contributed by atoms with Gasteiger partial charge >= 0.3 is 0 Å². The number of halogens is 1. The van der Waals surface area contributed by atoms with Crippen LogP contribution in [0.4, 0.5) is 5.69 Å². The topological polar surface area (TPSA) is 57.8 Å². The number of aryl methyl sites for hydroxylation is 1. The number of nitrogens with one attached hydrogen (secondary N) is 2. The van der Waals surface area contributed by atoms with Gasteiger partial charge in [-0.3, -0.25) is 9.89 Å². The van der Waals surface area contributed by atoms with Gasteiger partial charge in [-0.1, -0.05) is 17.7 Å². The molecule has 0 spiro atoms. The Morgan fingerprint density at radius 1 is 1.47 bits per heavy atom. The van der Waals surface area contributed by atoms with Crippen LogP contribution in [0.15, 0.2) is 30.3 Å². The molecule has 4 nitrogen and oxygen atoms in total. The molecular formula is C12H12ClN3O. The highest BCUT2D eigenvalue weighted by Crippen LogP contribution is 2.15. The molecule has 1 heterocycles. The zero-order valence-corrected chi connectivity index (χ0v) is 10.1. The molecule has 0 saturated heterocycles. The predicted octanol–water partition coefficient (Wildman–Crippen LogP) is 2.55. The van der Waals surface area contributed by atoms with Crippen LogP contribution in [-0.2, 0) is 11.2 Å². The second kappa shape index (κ2) is 5.01. The van der Waals surface area contributed by atoms with E-state index in [1.807, 2.05) is 13.0 Å². The molecule has 1 aromatic carbocycles. The van der Waals surface area contributed by atoms with Crippen molar-refractivity contribution in [1.29, 1.82) is 0 Å². The largest absolute Gasteiger partial charge is 0.326 e. The van der Waals surface area contributed by atoms with E-state index in [1.54, 1.807) is 24.3 Å². The Bertz CT molecular complexity index is 536. The van der Waals surface area contributed by atoms with Gasteiger partial charge in [0.1, 0.15) is 0 Å². The van der Waals surface area contributed by atoms with Crippen LogP contribution in [0.1, 0.15) is 11.4 Å². The molecule has 17 heavy (non-hydrogen) atoms. The summed E-state index contributed by atoms with van der Waals surface area (Å²) in [5.74, 6) is -0.112. The number of hydrogen-bond donors (Lipinski definition) is 2. The maximum Gasteiger partial charge on any atom is 0.230 e. The van der Waals surface area contributed by atoms with Crippen molar-refractivity contribution in [2.75, 3.05) is 5.32 Å². The lowest BCUT2D eigenvalue weighted by Gasteiger charge is -2.03. The lowest BCUT2D eigenvalue weighted by molar-refractivity contribution is -0.115. The Hall–Kier alpha value is -1.81. The fraction of sp³-hybridized carbons (Fsp3) is 0.167. The molecule has 2 aromatic rings. The third-order valence-corrected chi connectivity index (χ3v) is 2.44. The van der Waals surface area contributed by atoms with E-state index in [1.165, 1.54) is 0 Å². The lowest BCUT2D eigenvalue weighted by atomic mass is 10.2. The van der Waals surface area contributed by atoms with Crippen LogP contribution in [0, 0.1) is 6.92 Å². The first kappa shape index (κ1) is 11.7. The summed E-state index contributed by atoms with van der Waals surface area (Å²) in [6, 6.07) is 8.89. The van der Waals surface area contributed by atoms with Gasteiger partial charge in [0.2, 0.25) is 5.91 Å². The molecule has 0 aliphatic carbocycles. The second-order valence-corrected chi connectivity index (χ2v) is 4.21. The molecule has 88 valence electrons. The SMILES string of the molecule is Cc1cc(CC(=O)Nc2cccc(Cl)c2)n[nH]1. The average Bonchev–Trinajstić information content (AvgIpc) is 2.63. The van der Waals surface area contributed by atoms with E-state index in [-0.39, 0.29) is 12.3 Å². The van der Waals surface area contributed by atoms with Gasteiger partial charge in [-0.15, -0.1) is 0 Å². The van der Waals surface area contributed by atoms with Gasteiger partial charge in [0.25, 0.3) is 0 Å². The second-order valence-electron chi connectivity index (χ2n) is 3.78. The van der Waals surface area contributed by atoms with E-state index in [0.717, 1.165) is 11.4 Å². The lowest BCUT2D eigenvalue weighted by Crippen LogP contribution is -2.14. The summed E-state index contributed by atoms with van der Waals surface area (Å²) in [6.07, 6.45) is 0.247. The summed E-state index contributed by atoms with van der Waals surface area (Å²) < 4.78 is 0. The Labute approximate surface area is 104 Å². The van der Waals surface area contributed by atoms with Crippen molar-refractivity contribution in [2.24, 2.45) is 0 Å². The first-order chi connectivity index (χ1) is 8.13. The predicted molar refractivity (Wildman–Crippen MR) is 67.1 cm³/mol. The first-order valence-corrected chi connectivity index (χ1v) is 5.57. The van der Waals surface area contributed by atoms with Crippen molar-refractivity contribution >= 4 is 23.2 Å². The van der Waals surface area contributed by atoms with Crippen LogP contribution in [0.3, 0.4) is 0 Å². The van der Waals surface area contributed by atoms with Gasteiger partial charge in [0.15, 0.2) is 0 Å². The van der Waals surface area contributed by atoms with Crippen LogP contribution in [0.25, 0.3) is 0 Å². The van der Waals surface area contributed by atoms with Crippen LogP contribution in [0.5, 0.6) is 0 Å². The van der Waals surface area contributed by atoms with E-state index in [4.69, 9.17) is 11.6 Å². The Morgan fingerprint density at radius 2 is 2.29 bits per heavy atom. The summed E-state index contributed by atoms with van der Waals surface area (Å²) in [4.78, 5) is 11.7. The molecule has 0 unspecified atom stereocenters. The smallest absolute Gasteiger partial charge is 0.230 e. The molecule has 0 saturated carbocycles. The fourth-order valence-electron chi connectivity index (χ4n) is 1.50. The van der Waals surface area contributed by atoms with Crippen molar-refractivity contribution in [3.8, 4) is 0 Å². The summed E-state index contributed by atoms with van der Waals surface area (Å²) in [6.45, 7) is 1.89. The number of H-pyrrole nitrogens is 1. The van der Waals surface area contributed by atoms with E-state index in [0.29, 0.717) is 10.7 Å².